The predicted molar refractivity (Wildman–Crippen MR) is 97.4 cm³/mol. The summed E-state index contributed by atoms with van der Waals surface area (Å²) in [6.07, 6.45) is 4.45. The van der Waals surface area contributed by atoms with Gasteiger partial charge in [0.2, 0.25) is 5.91 Å². The molecule has 0 spiro atoms. The summed E-state index contributed by atoms with van der Waals surface area (Å²) >= 11 is 7.75. The third kappa shape index (κ3) is 3.81. The van der Waals surface area contributed by atoms with E-state index in [1.54, 1.807) is 11.8 Å². The number of aromatic nitrogens is 1. The molecule has 1 N–H and O–H groups in total. The maximum Gasteiger partial charge on any atom is 0.230 e. The molecule has 122 valence electrons. The maximum atomic E-state index is 12.0. The molecule has 1 amide bonds. The Kier molecular flexibility index (Phi) is 5.12. The highest BCUT2D eigenvalue weighted by Gasteiger charge is 2.19. The molecule has 0 saturated carbocycles. The van der Waals surface area contributed by atoms with Crippen LogP contribution in [0, 0.1) is 0 Å². The third-order valence-electron chi connectivity index (χ3n) is 3.97. The molecule has 0 bridgehead atoms. The highest BCUT2D eigenvalue weighted by molar-refractivity contribution is 8.00. The predicted octanol–water partition coefficient (Wildman–Crippen LogP) is 4.38. The number of aryl methyl sites for hydroxylation is 1. The van der Waals surface area contributed by atoms with E-state index >= 15 is 0 Å². The number of carbonyl (C=O) groups excluding carboxylic acids is 1. The van der Waals surface area contributed by atoms with Gasteiger partial charge < -0.3 is 5.32 Å². The van der Waals surface area contributed by atoms with Gasteiger partial charge in [0.05, 0.1) is 11.3 Å². The zero-order chi connectivity index (χ0) is 16.4. The number of benzene rings is 1. The smallest absolute Gasteiger partial charge is 0.230 e. The second-order valence-electron chi connectivity index (χ2n) is 6.25. The van der Waals surface area contributed by atoms with Crippen molar-refractivity contribution in [1.82, 2.24) is 10.3 Å². The lowest BCUT2D eigenvalue weighted by Gasteiger charge is -2.20. The summed E-state index contributed by atoms with van der Waals surface area (Å²) in [7, 11) is 0. The van der Waals surface area contributed by atoms with Crippen molar-refractivity contribution in [2.24, 2.45) is 0 Å². The van der Waals surface area contributed by atoms with E-state index in [2.05, 4.69) is 5.32 Å². The highest BCUT2D eigenvalue weighted by Crippen LogP contribution is 2.36. The molecule has 0 saturated heterocycles. The molecule has 0 aliphatic heterocycles. The summed E-state index contributed by atoms with van der Waals surface area (Å²) in [5, 5.41) is 4.77. The van der Waals surface area contributed by atoms with Gasteiger partial charge >= 0.3 is 0 Å². The van der Waals surface area contributed by atoms with Crippen molar-refractivity contribution in [3.05, 3.63) is 34.5 Å². The van der Waals surface area contributed by atoms with Crippen molar-refractivity contribution in [1.29, 1.82) is 0 Å². The van der Waals surface area contributed by atoms with E-state index in [0.717, 1.165) is 23.7 Å². The number of rotatable bonds is 4. The van der Waals surface area contributed by atoms with E-state index in [1.165, 1.54) is 29.0 Å². The molecule has 1 heterocycles. The molecular weight excluding hydrogens is 328 g/mol. The lowest BCUT2D eigenvalue weighted by Crippen LogP contribution is -2.31. The molecule has 5 heteroatoms. The fourth-order valence-electron chi connectivity index (χ4n) is 3.02. The zero-order valence-corrected chi connectivity index (χ0v) is 15.1. The van der Waals surface area contributed by atoms with Crippen molar-refractivity contribution >= 4 is 40.2 Å². The second kappa shape index (κ2) is 7.10. The SMILES string of the molecule is CC(C)NC(=O)CSc1c2c(nc3cc(Cl)ccc13)CCCC2. The van der Waals surface area contributed by atoms with Crippen LogP contribution in [0.25, 0.3) is 10.9 Å². The summed E-state index contributed by atoms with van der Waals surface area (Å²) in [5.74, 6) is 0.514. The highest BCUT2D eigenvalue weighted by atomic mass is 35.5. The number of nitrogens with zero attached hydrogens (tertiary/aromatic N) is 1. The Morgan fingerprint density at radius 2 is 2.13 bits per heavy atom. The van der Waals surface area contributed by atoms with Gasteiger partial charge in [-0.1, -0.05) is 17.7 Å². The fourth-order valence-corrected chi connectivity index (χ4v) is 4.27. The lowest BCUT2D eigenvalue weighted by atomic mass is 9.94. The zero-order valence-electron chi connectivity index (χ0n) is 13.5. The fraction of sp³-hybridized carbons (Fsp3) is 0.444. The van der Waals surface area contributed by atoms with Crippen molar-refractivity contribution in [3.63, 3.8) is 0 Å². The molecule has 23 heavy (non-hydrogen) atoms. The van der Waals surface area contributed by atoms with Crippen molar-refractivity contribution in [2.75, 3.05) is 5.75 Å². The van der Waals surface area contributed by atoms with Gasteiger partial charge in [0.1, 0.15) is 0 Å². The van der Waals surface area contributed by atoms with Crippen LogP contribution < -0.4 is 5.32 Å². The first kappa shape index (κ1) is 16.6. The van der Waals surface area contributed by atoms with Crippen LogP contribution in [0.5, 0.6) is 0 Å². The molecule has 0 radical (unpaired) electrons. The Balaban J connectivity index is 1.97. The van der Waals surface area contributed by atoms with Gasteiger partial charge in [-0.2, -0.15) is 0 Å². The monoisotopic (exact) mass is 348 g/mol. The van der Waals surface area contributed by atoms with Crippen LogP contribution in [0.3, 0.4) is 0 Å². The van der Waals surface area contributed by atoms with Crippen LogP contribution in [-0.2, 0) is 17.6 Å². The van der Waals surface area contributed by atoms with Crippen LogP contribution in [0.4, 0.5) is 0 Å². The second-order valence-corrected chi connectivity index (χ2v) is 7.67. The van der Waals surface area contributed by atoms with E-state index < -0.39 is 0 Å². The Morgan fingerprint density at radius 3 is 2.91 bits per heavy atom. The Hall–Kier alpha value is -1.26. The molecular formula is C18H21ClN2OS. The van der Waals surface area contributed by atoms with Crippen LogP contribution in [-0.4, -0.2) is 22.7 Å². The van der Waals surface area contributed by atoms with Gasteiger partial charge in [0.25, 0.3) is 0 Å². The van der Waals surface area contributed by atoms with Crippen molar-refractivity contribution < 1.29 is 4.79 Å². The van der Waals surface area contributed by atoms with Gasteiger partial charge in [-0.25, -0.2) is 0 Å². The molecule has 1 aromatic heterocycles. The number of nitrogens with one attached hydrogen (secondary N) is 1. The van der Waals surface area contributed by atoms with E-state index in [0.29, 0.717) is 10.8 Å². The topological polar surface area (TPSA) is 42.0 Å². The molecule has 0 atom stereocenters. The minimum absolute atomic E-state index is 0.0773. The number of halogens is 1. The lowest BCUT2D eigenvalue weighted by molar-refractivity contribution is -0.119. The summed E-state index contributed by atoms with van der Waals surface area (Å²) in [5.41, 5.74) is 3.44. The van der Waals surface area contributed by atoms with Crippen LogP contribution in [0.1, 0.15) is 37.9 Å². The van der Waals surface area contributed by atoms with Crippen molar-refractivity contribution in [2.45, 2.75) is 50.5 Å². The standard InChI is InChI=1S/C18H21ClN2OS/c1-11(2)20-17(22)10-23-18-13-5-3-4-6-15(13)21-16-9-12(19)7-8-14(16)18/h7-9,11H,3-6,10H2,1-2H3,(H,20,22). The number of amides is 1. The maximum absolute atomic E-state index is 12.0. The molecule has 1 aromatic carbocycles. The molecule has 3 rings (SSSR count). The normalized spacial score (nSPS) is 14.1. The number of hydrogen-bond donors (Lipinski definition) is 1. The van der Waals surface area contributed by atoms with Crippen LogP contribution >= 0.6 is 23.4 Å². The summed E-state index contributed by atoms with van der Waals surface area (Å²) in [6.45, 7) is 3.96. The first-order valence-corrected chi connectivity index (χ1v) is 9.44. The summed E-state index contributed by atoms with van der Waals surface area (Å²) in [6, 6.07) is 6.02. The van der Waals surface area contributed by atoms with Gasteiger partial charge in [-0.15, -0.1) is 11.8 Å². The van der Waals surface area contributed by atoms with Gasteiger partial charge in [-0.3, -0.25) is 9.78 Å². The Bertz CT molecular complexity index is 745. The molecule has 1 aliphatic carbocycles. The average molecular weight is 349 g/mol. The van der Waals surface area contributed by atoms with E-state index in [4.69, 9.17) is 16.6 Å². The van der Waals surface area contributed by atoms with Gasteiger partial charge in [0.15, 0.2) is 0 Å². The van der Waals surface area contributed by atoms with Gasteiger partial charge in [-0.05, 0) is 57.2 Å². The average Bonchev–Trinajstić information content (AvgIpc) is 2.50. The van der Waals surface area contributed by atoms with E-state index in [-0.39, 0.29) is 11.9 Å². The molecule has 3 nitrogen and oxygen atoms in total. The van der Waals surface area contributed by atoms with E-state index in [9.17, 15) is 4.79 Å². The Labute approximate surface area is 146 Å². The largest absolute Gasteiger partial charge is 0.353 e. The number of pyridine rings is 1. The number of carbonyl (C=O) groups is 1. The third-order valence-corrected chi connectivity index (χ3v) is 5.37. The summed E-state index contributed by atoms with van der Waals surface area (Å²) in [4.78, 5) is 18.0. The van der Waals surface area contributed by atoms with Crippen LogP contribution in [0.15, 0.2) is 23.1 Å². The minimum atomic E-state index is 0.0773. The minimum Gasteiger partial charge on any atom is -0.353 e. The molecule has 0 unspecified atom stereocenters. The number of thioether (sulfide) groups is 1. The Morgan fingerprint density at radius 1 is 1.35 bits per heavy atom. The van der Waals surface area contributed by atoms with Crippen molar-refractivity contribution in [3.8, 4) is 0 Å². The van der Waals surface area contributed by atoms with Crippen LogP contribution in [0.2, 0.25) is 5.02 Å². The van der Waals surface area contributed by atoms with Gasteiger partial charge in [0, 0.05) is 27.0 Å². The summed E-state index contributed by atoms with van der Waals surface area (Å²) < 4.78 is 0. The number of fused-ring (bicyclic) bond motifs is 2. The number of hydrogen-bond acceptors (Lipinski definition) is 3. The molecule has 0 fully saturated rings. The molecule has 1 aliphatic rings. The van der Waals surface area contributed by atoms with E-state index in [1.807, 2.05) is 32.0 Å². The quantitative estimate of drug-likeness (QED) is 0.833. The first-order valence-electron chi connectivity index (χ1n) is 8.08. The molecule has 2 aromatic rings. The first-order chi connectivity index (χ1) is 11.0.